The molecule has 0 amide bonds. The molecular formula is C14H17F2NO2. The van der Waals surface area contributed by atoms with E-state index in [1.807, 2.05) is 6.92 Å². The smallest absolute Gasteiger partial charge is 0.306 e. The lowest BCUT2D eigenvalue weighted by molar-refractivity contribution is -0.146. The minimum absolute atomic E-state index is 0.0349. The molecule has 1 saturated heterocycles. The van der Waals surface area contributed by atoms with E-state index in [0.29, 0.717) is 18.7 Å². The molecule has 0 spiro atoms. The molecule has 1 N–H and O–H groups in total. The summed E-state index contributed by atoms with van der Waals surface area (Å²) in [7, 11) is 0. The zero-order valence-corrected chi connectivity index (χ0v) is 10.9. The number of benzene rings is 1. The third-order valence-corrected chi connectivity index (χ3v) is 4.01. The number of likely N-dealkylation sites (tertiary alicyclic amines) is 1. The summed E-state index contributed by atoms with van der Waals surface area (Å²) in [5.74, 6) is -2.72. The molecule has 2 unspecified atom stereocenters. The van der Waals surface area contributed by atoms with Gasteiger partial charge in [0.1, 0.15) is 0 Å². The van der Waals surface area contributed by atoms with E-state index in [9.17, 15) is 13.6 Å². The van der Waals surface area contributed by atoms with E-state index >= 15 is 0 Å². The SMILES string of the molecule is CC(C(=O)O)C1CN(C(C)c2ccc(F)c(F)c2)C1. The average molecular weight is 269 g/mol. The van der Waals surface area contributed by atoms with Gasteiger partial charge in [-0.15, -0.1) is 0 Å². The lowest BCUT2D eigenvalue weighted by atomic mass is 9.85. The number of carboxylic acids is 1. The zero-order valence-electron chi connectivity index (χ0n) is 10.9. The third kappa shape index (κ3) is 2.76. The molecule has 2 atom stereocenters. The van der Waals surface area contributed by atoms with Gasteiger partial charge in [-0.2, -0.15) is 0 Å². The van der Waals surface area contributed by atoms with E-state index < -0.39 is 17.6 Å². The summed E-state index contributed by atoms with van der Waals surface area (Å²) >= 11 is 0. The van der Waals surface area contributed by atoms with Crippen LogP contribution in [0.25, 0.3) is 0 Å². The highest BCUT2D eigenvalue weighted by Gasteiger charge is 2.37. The van der Waals surface area contributed by atoms with Crippen LogP contribution < -0.4 is 0 Å². The average Bonchev–Trinajstić information content (AvgIpc) is 2.30. The van der Waals surface area contributed by atoms with Crippen molar-refractivity contribution in [3.05, 3.63) is 35.4 Å². The van der Waals surface area contributed by atoms with Crippen molar-refractivity contribution in [3.63, 3.8) is 0 Å². The highest BCUT2D eigenvalue weighted by molar-refractivity contribution is 5.70. The summed E-state index contributed by atoms with van der Waals surface area (Å²) in [6.45, 7) is 4.96. The predicted octanol–water partition coefficient (Wildman–Crippen LogP) is 2.68. The molecule has 1 aliphatic rings. The van der Waals surface area contributed by atoms with Crippen LogP contribution in [0.5, 0.6) is 0 Å². The first-order valence-corrected chi connectivity index (χ1v) is 6.32. The Morgan fingerprint density at radius 1 is 1.32 bits per heavy atom. The molecule has 0 bridgehead atoms. The summed E-state index contributed by atoms with van der Waals surface area (Å²) in [4.78, 5) is 12.9. The van der Waals surface area contributed by atoms with E-state index in [0.717, 1.165) is 6.07 Å². The minimum atomic E-state index is -0.850. The molecule has 0 aromatic heterocycles. The maximum Gasteiger partial charge on any atom is 0.306 e. The molecule has 0 saturated carbocycles. The fraction of sp³-hybridized carbons (Fsp3) is 0.500. The Bertz CT molecular complexity index is 486. The van der Waals surface area contributed by atoms with Crippen molar-refractivity contribution in [2.24, 2.45) is 11.8 Å². The molecule has 1 fully saturated rings. The Morgan fingerprint density at radius 2 is 1.95 bits per heavy atom. The molecule has 0 radical (unpaired) electrons. The number of rotatable bonds is 4. The number of hydrogen-bond donors (Lipinski definition) is 1. The largest absolute Gasteiger partial charge is 0.481 e. The lowest BCUT2D eigenvalue weighted by Gasteiger charge is -2.45. The van der Waals surface area contributed by atoms with Crippen molar-refractivity contribution >= 4 is 5.97 Å². The van der Waals surface area contributed by atoms with Gasteiger partial charge in [-0.3, -0.25) is 9.69 Å². The Balaban J connectivity index is 1.97. The maximum atomic E-state index is 13.2. The van der Waals surface area contributed by atoms with Gasteiger partial charge in [0.15, 0.2) is 11.6 Å². The van der Waals surface area contributed by atoms with E-state index in [4.69, 9.17) is 5.11 Å². The number of nitrogens with zero attached hydrogens (tertiary/aromatic N) is 1. The molecular weight excluding hydrogens is 252 g/mol. The van der Waals surface area contributed by atoms with Crippen molar-refractivity contribution in [1.82, 2.24) is 4.90 Å². The summed E-state index contributed by atoms with van der Waals surface area (Å²) in [5, 5.41) is 8.92. The molecule has 1 aromatic rings. The van der Waals surface area contributed by atoms with Crippen molar-refractivity contribution < 1.29 is 18.7 Å². The molecule has 19 heavy (non-hydrogen) atoms. The van der Waals surface area contributed by atoms with E-state index in [1.54, 1.807) is 13.0 Å². The summed E-state index contributed by atoms with van der Waals surface area (Å²) < 4.78 is 26.0. The number of carbonyl (C=O) groups is 1. The minimum Gasteiger partial charge on any atom is -0.481 e. The normalized spacial score (nSPS) is 19.8. The molecule has 5 heteroatoms. The van der Waals surface area contributed by atoms with Gasteiger partial charge >= 0.3 is 5.97 Å². The molecule has 1 aliphatic heterocycles. The van der Waals surface area contributed by atoms with Crippen molar-refractivity contribution in [1.29, 1.82) is 0 Å². The summed E-state index contributed by atoms with van der Waals surface area (Å²) in [6, 6.07) is 3.86. The fourth-order valence-electron chi connectivity index (χ4n) is 2.37. The van der Waals surface area contributed by atoms with Gasteiger partial charge in [0, 0.05) is 19.1 Å². The molecule has 104 valence electrons. The lowest BCUT2D eigenvalue weighted by Crippen LogP contribution is -2.51. The molecule has 1 aromatic carbocycles. The Morgan fingerprint density at radius 3 is 2.47 bits per heavy atom. The maximum absolute atomic E-state index is 13.2. The summed E-state index contributed by atoms with van der Waals surface area (Å²) in [6.07, 6.45) is 0. The third-order valence-electron chi connectivity index (χ3n) is 4.01. The second-order valence-electron chi connectivity index (χ2n) is 5.19. The molecule has 0 aliphatic carbocycles. The van der Waals surface area contributed by atoms with Gasteiger partial charge in [0.25, 0.3) is 0 Å². The van der Waals surface area contributed by atoms with Crippen LogP contribution in [-0.4, -0.2) is 29.1 Å². The zero-order chi connectivity index (χ0) is 14.2. The van der Waals surface area contributed by atoms with Crippen LogP contribution in [0.4, 0.5) is 8.78 Å². The van der Waals surface area contributed by atoms with Crippen molar-refractivity contribution in [3.8, 4) is 0 Å². The Kier molecular flexibility index (Phi) is 3.85. The highest BCUT2D eigenvalue weighted by atomic mass is 19.2. The van der Waals surface area contributed by atoms with Gasteiger partial charge in [-0.05, 0) is 30.5 Å². The van der Waals surface area contributed by atoms with Crippen LogP contribution in [0.2, 0.25) is 0 Å². The second kappa shape index (κ2) is 5.25. The van der Waals surface area contributed by atoms with E-state index in [-0.39, 0.29) is 17.9 Å². The van der Waals surface area contributed by atoms with Gasteiger partial charge in [0.05, 0.1) is 5.92 Å². The van der Waals surface area contributed by atoms with Crippen LogP contribution in [0.15, 0.2) is 18.2 Å². The number of aliphatic carboxylic acids is 1. The first kappa shape index (κ1) is 13.9. The first-order chi connectivity index (χ1) is 8.90. The molecule has 3 nitrogen and oxygen atoms in total. The van der Waals surface area contributed by atoms with Crippen LogP contribution >= 0.6 is 0 Å². The molecule has 2 rings (SSSR count). The van der Waals surface area contributed by atoms with Crippen molar-refractivity contribution in [2.75, 3.05) is 13.1 Å². The van der Waals surface area contributed by atoms with Gasteiger partial charge in [-0.25, -0.2) is 8.78 Å². The predicted molar refractivity (Wildman–Crippen MR) is 66.6 cm³/mol. The van der Waals surface area contributed by atoms with Gasteiger partial charge in [-0.1, -0.05) is 13.0 Å². The second-order valence-corrected chi connectivity index (χ2v) is 5.19. The Hall–Kier alpha value is -1.49. The fourth-order valence-corrected chi connectivity index (χ4v) is 2.37. The molecule has 1 heterocycles. The standard InChI is InChI=1S/C14H17F2NO2/c1-8(14(18)19)11-6-17(7-11)9(2)10-3-4-12(15)13(16)5-10/h3-5,8-9,11H,6-7H2,1-2H3,(H,18,19). The van der Waals surface area contributed by atoms with Crippen LogP contribution in [0, 0.1) is 23.5 Å². The monoisotopic (exact) mass is 269 g/mol. The van der Waals surface area contributed by atoms with Gasteiger partial charge < -0.3 is 5.11 Å². The van der Waals surface area contributed by atoms with E-state index in [1.165, 1.54) is 6.07 Å². The van der Waals surface area contributed by atoms with Gasteiger partial charge in [0.2, 0.25) is 0 Å². The van der Waals surface area contributed by atoms with Crippen LogP contribution in [-0.2, 0) is 4.79 Å². The topological polar surface area (TPSA) is 40.5 Å². The number of halogens is 2. The highest BCUT2D eigenvalue weighted by Crippen LogP contribution is 2.32. The summed E-state index contributed by atoms with van der Waals surface area (Å²) in [5.41, 5.74) is 0.709. The first-order valence-electron chi connectivity index (χ1n) is 6.32. The number of hydrogen-bond acceptors (Lipinski definition) is 2. The number of carboxylic acid groups (broad SMARTS) is 1. The Labute approximate surface area is 110 Å². The van der Waals surface area contributed by atoms with Crippen LogP contribution in [0.3, 0.4) is 0 Å². The van der Waals surface area contributed by atoms with Crippen LogP contribution in [0.1, 0.15) is 25.5 Å². The van der Waals surface area contributed by atoms with Crippen molar-refractivity contribution in [2.45, 2.75) is 19.9 Å². The quantitative estimate of drug-likeness (QED) is 0.913. The van der Waals surface area contributed by atoms with E-state index in [2.05, 4.69) is 4.90 Å².